The Labute approximate surface area is 478 Å². The molecule has 1 aliphatic carbocycles. The third kappa shape index (κ3) is 12.5. The molecular weight excluding hydrogens is 1190 g/mol. The molecule has 6 N–H and O–H groups in total. The number of hydrogen-bond acceptors (Lipinski definition) is 15. The van der Waals surface area contributed by atoms with Crippen molar-refractivity contribution in [2.45, 2.75) is 83.4 Å². The lowest BCUT2D eigenvalue weighted by Gasteiger charge is -2.31. The van der Waals surface area contributed by atoms with Gasteiger partial charge in [-0.15, -0.1) is 0 Å². The van der Waals surface area contributed by atoms with Crippen molar-refractivity contribution in [2.24, 2.45) is 0 Å². The van der Waals surface area contributed by atoms with Gasteiger partial charge < -0.3 is 55.2 Å². The molecule has 5 heterocycles. The lowest BCUT2D eigenvalue weighted by molar-refractivity contribution is -0.172. The normalized spacial score (nSPS) is 17.2. The van der Waals surface area contributed by atoms with E-state index in [9.17, 15) is 48.3 Å². The summed E-state index contributed by atoms with van der Waals surface area (Å²) in [6.07, 6.45) is 0.0139. The standard InChI is InChI=1S/C56H55Br2FN8O14/c1-3-56(77)36-22-41-49-34(26-67(41)51(72)35(36)28-80-54(56)75)46-38(14-13-33-29(2)37(59)23-39(64-49)45(33)46)65-55(76)81-27-31-9-11-32(12-10-31)62-43(69)25-61-50(71)40(21-30-7-5-4-6-8-30)63-44(70)24-60-42(68)15-17-78-19-20-79-18-16-66-52(73)47(57)48(58)53(66)74/h4-12,22-23,38,40,77H,3,13-21,24-28H2,1-2H3,(H,60,68)(H,61,71)(H,62,69)(H,63,70)(H,65,76)/t38?,40-,56-/m0/s1. The lowest BCUT2D eigenvalue weighted by Crippen LogP contribution is -2.51. The van der Waals surface area contributed by atoms with Crippen LogP contribution in [0, 0.1) is 12.7 Å². The van der Waals surface area contributed by atoms with Crippen molar-refractivity contribution < 1.29 is 66.8 Å². The maximum absolute atomic E-state index is 15.4. The summed E-state index contributed by atoms with van der Waals surface area (Å²) >= 11 is 6.12. The van der Waals surface area contributed by atoms with Crippen LogP contribution in [0.5, 0.6) is 0 Å². The number of imide groups is 1. The first-order valence-electron chi connectivity index (χ1n) is 25.9. The van der Waals surface area contributed by atoms with Crippen molar-refractivity contribution in [3.8, 4) is 11.4 Å². The zero-order chi connectivity index (χ0) is 57.7. The summed E-state index contributed by atoms with van der Waals surface area (Å²) in [6, 6.07) is 16.5. The molecule has 22 nitrogen and oxygen atoms in total. The van der Waals surface area contributed by atoms with Crippen LogP contribution in [0.1, 0.15) is 76.7 Å². The fourth-order valence-electron chi connectivity index (χ4n) is 10.1. The highest BCUT2D eigenvalue weighted by atomic mass is 79.9. The number of aromatic nitrogens is 2. The average Bonchev–Trinajstić information content (AvgIpc) is 2.51. The van der Waals surface area contributed by atoms with Gasteiger partial charge >= 0.3 is 12.1 Å². The van der Waals surface area contributed by atoms with Gasteiger partial charge in [0.1, 0.15) is 34.0 Å². The van der Waals surface area contributed by atoms with Gasteiger partial charge in [0.2, 0.25) is 23.6 Å². The van der Waals surface area contributed by atoms with E-state index < -0.39 is 89.7 Å². The van der Waals surface area contributed by atoms with Crippen LogP contribution >= 0.6 is 31.9 Å². The molecule has 0 bridgehead atoms. The summed E-state index contributed by atoms with van der Waals surface area (Å²) < 4.78 is 38.9. The number of benzene rings is 3. The van der Waals surface area contributed by atoms with Crippen LogP contribution < -0.4 is 32.1 Å². The zero-order valence-electron chi connectivity index (χ0n) is 43.8. The van der Waals surface area contributed by atoms with Crippen LogP contribution in [0.25, 0.3) is 22.3 Å². The molecule has 81 heavy (non-hydrogen) atoms. The number of alkyl carbamates (subject to hydrolysis) is 1. The van der Waals surface area contributed by atoms with Crippen molar-refractivity contribution in [2.75, 3.05) is 51.4 Å². The number of cyclic esters (lactones) is 1. The molecule has 0 saturated heterocycles. The smallest absolute Gasteiger partial charge is 0.407 e. The number of anilines is 1. The van der Waals surface area contributed by atoms with Crippen LogP contribution in [0.15, 0.2) is 80.5 Å². The molecule has 0 spiro atoms. The Balaban J connectivity index is 0.739. The quantitative estimate of drug-likeness (QED) is 0.0317. The number of carbonyl (C=O) groups is 8. The predicted molar refractivity (Wildman–Crippen MR) is 295 cm³/mol. The Kier molecular flexibility index (Phi) is 17.9. The van der Waals surface area contributed by atoms with Gasteiger partial charge in [0, 0.05) is 41.1 Å². The number of aryl methyl sites for hydroxylation is 1. The molecule has 1 unspecified atom stereocenters. The molecular formula is C56H55Br2FN8O14. The maximum Gasteiger partial charge on any atom is 0.407 e. The molecule has 0 fully saturated rings. The molecule has 25 heteroatoms. The van der Waals surface area contributed by atoms with Gasteiger partial charge in [-0.2, -0.15) is 0 Å². The molecule has 5 aromatic rings. The van der Waals surface area contributed by atoms with Crippen molar-refractivity contribution >= 4 is 96.0 Å². The number of nitrogens with zero attached hydrogens (tertiary/aromatic N) is 3. The number of esters is 1. The Bertz CT molecular complexity index is 3460. The topological polar surface area (TPSA) is 292 Å². The Morgan fingerprint density at radius 2 is 1.57 bits per heavy atom. The molecule has 9 rings (SSSR count). The highest BCUT2D eigenvalue weighted by molar-refractivity contribution is 9.14. The van der Waals surface area contributed by atoms with E-state index in [4.69, 9.17) is 23.9 Å². The first-order chi connectivity index (χ1) is 38.9. The number of carbonyl (C=O) groups excluding carboxylic acids is 8. The molecule has 7 amide bonds. The number of halogens is 3. The van der Waals surface area contributed by atoms with Crippen LogP contribution in [0.3, 0.4) is 0 Å². The summed E-state index contributed by atoms with van der Waals surface area (Å²) in [6.45, 7) is 2.45. The van der Waals surface area contributed by atoms with E-state index in [0.29, 0.717) is 63.1 Å². The molecule has 3 aromatic carbocycles. The number of ether oxygens (including phenoxy) is 4. The maximum atomic E-state index is 15.4. The minimum Gasteiger partial charge on any atom is -0.458 e. The summed E-state index contributed by atoms with van der Waals surface area (Å²) in [5.74, 6) is -4.60. The minimum atomic E-state index is -2.04. The number of rotatable bonds is 22. The summed E-state index contributed by atoms with van der Waals surface area (Å²) in [4.78, 5) is 122. The molecule has 424 valence electrons. The average molecular weight is 1240 g/mol. The van der Waals surface area contributed by atoms with Gasteiger partial charge in [0.15, 0.2) is 5.60 Å². The van der Waals surface area contributed by atoms with Crippen LogP contribution in [0.2, 0.25) is 0 Å². The number of amides is 7. The van der Waals surface area contributed by atoms with E-state index in [2.05, 4.69) is 58.4 Å². The van der Waals surface area contributed by atoms with Crippen molar-refractivity contribution in [3.63, 3.8) is 0 Å². The van der Waals surface area contributed by atoms with Gasteiger partial charge in [0.05, 0.1) is 81.1 Å². The van der Waals surface area contributed by atoms with Gasteiger partial charge in [-0.25, -0.2) is 19.0 Å². The summed E-state index contributed by atoms with van der Waals surface area (Å²) in [5.41, 5.74) is 2.99. The van der Waals surface area contributed by atoms with Crippen molar-refractivity contribution in [1.82, 2.24) is 35.7 Å². The highest BCUT2D eigenvalue weighted by Gasteiger charge is 2.46. The number of nitrogens with one attached hydrogen (secondary N) is 5. The summed E-state index contributed by atoms with van der Waals surface area (Å²) in [5, 5.41) is 25.4. The number of aliphatic hydroxyl groups is 1. The summed E-state index contributed by atoms with van der Waals surface area (Å²) in [7, 11) is 0. The van der Waals surface area contributed by atoms with E-state index in [0.717, 1.165) is 16.0 Å². The van der Waals surface area contributed by atoms with E-state index >= 15 is 4.39 Å². The minimum absolute atomic E-state index is 0.0212. The fourth-order valence-corrected chi connectivity index (χ4v) is 10.9. The third-order valence-corrected chi connectivity index (χ3v) is 16.4. The lowest BCUT2D eigenvalue weighted by atomic mass is 9.81. The van der Waals surface area contributed by atoms with Gasteiger partial charge in [-0.05, 0) is 104 Å². The molecule has 4 aliphatic rings. The van der Waals surface area contributed by atoms with E-state index in [1.807, 2.05) is 0 Å². The first-order valence-corrected chi connectivity index (χ1v) is 27.5. The monoisotopic (exact) mass is 1240 g/mol. The Hall–Kier alpha value is -7.71. The van der Waals surface area contributed by atoms with Crippen LogP contribution in [-0.2, 0) is 90.7 Å². The second kappa shape index (κ2) is 25.0. The van der Waals surface area contributed by atoms with Gasteiger partial charge in [-0.3, -0.25) is 38.5 Å². The number of hydrogen-bond donors (Lipinski definition) is 6. The van der Waals surface area contributed by atoms with Crippen LogP contribution in [0.4, 0.5) is 14.9 Å². The molecule has 0 radical (unpaired) electrons. The third-order valence-electron chi connectivity index (χ3n) is 14.4. The highest BCUT2D eigenvalue weighted by Crippen LogP contribution is 2.46. The second-order valence-electron chi connectivity index (χ2n) is 19.5. The van der Waals surface area contributed by atoms with E-state index in [1.54, 1.807) is 74.5 Å². The second-order valence-corrected chi connectivity index (χ2v) is 21.1. The fraction of sp³-hybridized carbons (Fsp3) is 0.357. The Morgan fingerprint density at radius 1 is 0.864 bits per heavy atom. The van der Waals surface area contributed by atoms with Crippen molar-refractivity contribution in [1.29, 1.82) is 0 Å². The van der Waals surface area contributed by atoms with Crippen molar-refractivity contribution in [3.05, 3.63) is 136 Å². The molecule has 3 aliphatic heterocycles. The van der Waals surface area contributed by atoms with Crippen LogP contribution in [-0.4, -0.2) is 119 Å². The van der Waals surface area contributed by atoms with Gasteiger partial charge in [0.25, 0.3) is 17.4 Å². The Morgan fingerprint density at radius 3 is 2.28 bits per heavy atom. The molecule has 0 saturated carbocycles. The first kappa shape index (κ1) is 58.0. The van der Waals surface area contributed by atoms with E-state index in [-0.39, 0.29) is 92.1 Å². The largest absolute Gasteiger partial charge is 0.458 e. The molecule has 2 aromatic heterocycles. The SMILES string of the molecule is CC[C@@]1(O)C(=O)OCc2c1cc1n(c2=O)Cc2c-1nc1cc(F)c(C)c3c1c2C(NC(=O)OCc1ccc(NC(=O)CNC(=O)[C@H](Cc2ccccc2)NC(=O)CNC(=O)CCOCCOCCN2C(=O)C(Br)=C(Br)C2=O)cc1)CC3. The number of pyridine rings is 2. The zero-order valence-corrected chi connectivity index (χ0v) is 47.0. The molecule has 3 atom stereocenters. The van der Waals surface area contributed by atoms with Gasteiger partial charge in [-0.1, -0.05) is 49.4 Å². The van der Waals surface area contributed by atoms with E-state index in [1.165, 1.54) is 10.6 Å². The predicted octanol–water partition coefficient (Wildman–Crippen LogP) is 4.13. The number of fused-ring (bicyclic) bond motifs is 5.